The fraction of sp³-hybridized carbons (Fsp3) is 0.174. The zero-order valence-corrected chi connectivity index (χ0v) is 15.9. The summed E-state index contributed by atoms with van der Waals surface area (Å²) >= 11 is 0. The highest BCUT2D eigenvalue weighted by Crippen LogP contribution is 2.31. The number of likely N-dealkylation sites (N-methyl/N-ethyl adjacent to an activating group) is 1. The number of nitrogens with zero attached hydrogens (tertiary/aromatic N) is 2. The molecule has 0 radical (unpaired) electrons. The summed E-state index contributed by atoms with van der Waals surface area (Å²) in [4.78, 5) is 10.1. The van der Waals surface area contributed by atoms with Gasteiger partial charge in [-0.1, -0.05) is 36.4 Å². The standard InChI is InChI=1S/C23H20F3N3/c1-29(15-14-22-27-20-4-2-3-5-21(20)28-22)19-12-8-17(9-13-19)16-6-10-18(11-7-16)23(24,25)26/h2-13H,14-15H2,1H3,(H,27,28). The van der Waals surface area contributed by atoms with E-state index in [1.54, 1.807) is 0 Å². The summed E-state index contributed by atoms with van der Waals surface area (Å²) in [7, 11) is 2.01. The topological polar surface area (TPSA) is 31.9 Å². The minimum Gasteiger partial charge on any atom is -0.374 e. The third-order valence-corrected chi connectivity index (χ3v) is 4.98. The largest absolute Gasteiger partial charge is 0.416 e. The molecule has 1 heterocycles. The number of alkyl halides is 3. The lowest BCUT2D eigenvalue weighted by Crippen LogP contribution is -2.20. The molecule has 0 aliphatic heterocycles. The summed E-state index contributed by atoms with van der Waals surface area (Å²) in [6.45, 7) is 0.791. The summed E-state index contributed by atoms with van der Waals surface area (Å²) in [5, 5.41) is 0. The van der Waals surface area contributed by atoms with Gasteiger partial charge in [0.2, 0.25) is 0 Å². The first-order chi connectivity index (χ1) is 13.9. The highest BCUT2D eigenvalue weighted by molar-refractivity contribution is 5.74. The van der Waals surface area contributed by atoms with Crippen molar-refractivity contribution < 1.29 is 13.2 Å². The van der Waals surface area contributed by atoms with Gasteiger partial charge in [-0.2, -0.15) is 13.2 Å². The van der Waals surface area contributed by atoms with Crippen LogP contribution in [0.3, 0.4) is 0 Å². The molecule has 4 aromatic rings. The Balaban J connectivity index is 1.41. The number of H-pyrrole nitrogens is 1. The number of fused-ring (bicyclic) bond motifs is 1. The van der Waals surface area contributed by atoms with E-state index in [1.807, 2.05) is 55.6 Å². The molecule has 29 heavy (non-hydrogen) atoms. The number of aromatic amines is 1. The van der Waals surface area contributed by atoms with Gasteiger partial charge in [-0.25, -0.2) is 4.98 Å². The van der Waals surface area contributed by atoms with E-state index in [-0.39, 0.29) is 0 Å². The van der Waals surface area contributed by atoms with Gasteiger partial charge in [0.25, 0.3) is 0 Å². The molecular weight excluding hydrogens is 375 g/mol. The molecule has 4 rings (SSSR count). The number of nitrogens with one attached hydrogen (secondary N) is 1. The minimum atomic E-state index is -4.31. The van der Waals surface area contributed by atoms with E-state index >= 15 is 0 Å². The summed E-state index contributed by atoms with van der Waals surface area (Å²) in [6.07, 6.45) is -3.53. The number of para-hydroxylation sites is 2. The van der Waals surface area contributed by atoms with Crippen molar-refractivity contribution >= 4 is 16.7 Å². The number of halogens is 3. The molecule has 0 aliphatic rings. The number of rotatable bonds is 5. The summed E-state index contributed by atoms with van der Waals surface area (Å²) < 4.78 is 38.1. The molecule has 1 aromatic heterocycles. The first kappa shape index (κ1) is 19.1. The fourth-order valence-corrected chi connectivity index (χ4v) is 3.29. The molecule has 0 unspecified atom stereocenters. The lowest BCUT2D eigenvalue weighted by molar-refractivity contribution is -0.137. The molecule has 0 spiro atoms. The van der Waals surface area contributed by atoms with Crippen LogP contribution in [0.4, 0.5) is 18.9 Å². The third-order valence-electron chi connectivity index (χ3n) is 4.98. The van der Waals surface area contributed by atoms with Gasteiger partial charge < -0.3 is 9.88 Å². The van der Waals surface area contributed by atoms with Gasteiger partial charge in [-0.15, -0.1) is 0 Å². The van der Waals surface area contributed by atoms with Crippen LogP contribution in [-0.4, -0.2) is 23.6 Å². The molecule has 0 fully saturated rings. The van der Waals surface area contributed by atoms with E-state index < -0.39 is 11.7 Å². The second-order valence-electron chi connectivity index (χ2n) is 6.99. The van der Waals surface area contributed by atoms with Gasteiger partial charge in [0, 0.05) is 25.7 Å². The molecule has 148 valence electrons. The predicted molar refractivity (Wildman–Crippen MR) is 110 cm³/mol. The van der Waals surface area contributed by atoms with Crippen LogP contribution in [-0.2, 0) is 12.6 Å². The Morgan fingerprint density at radius 2 is 1.48 bits per heavy atom. The van der Waals surface area contributed by atoms with Crippen molar-refractivity contribution in [3.05, 3.63) is 84.2 Å². The Kier molecular flexibility index (Phi) is 5.01. The number of anilines is 1. The molecule has 0 saturated carbocycles. The van der Waals surface area contributed by atoms with Crippen molar-refractivity contribution in [1.29, 1.82) is 0 Å². The molecule has 3 nitrogen and oxygen atoms in total. The summed E-state index contributed by atoms with van der Waals surface area (Å²) in [5.74, 6) is 0.944. The lowest BCUT2D eigenvalue weighted by Gasteiger charge is -2.19. The first-order valence-electron chi connectivity index (χ1n) is 9.32. The minimum absolute atomic E-state index is 0.636. The van der Waals surface area contributed by atoms with E-state index in [9.17, 15) is 13.2 Å². The highest BCUT2D eigenvalue weighted by Gasteiger charge is 2.29. The van der Waals surface area contributed by atoms with Gasteiger partial charge in [0.1, 0.15) is 5.82 Å². The SMILES string of the molecule is CN(CCc1nc2ccccc2[nH]1)c1ccc(-c2ccc(C(F)(F)F)cc2)cc1. The first-order valence-corrected chi connectivity index (χ1v) is 9.32. The van der Waals surface area contributed by atoms with E-state index in [1.165, 1.54) is 12.1 Å². The van der Waals surface area contributed by atoms with Gasteiger partial charge in [0.05, 0.1) is 16.6 Å². The quantitative estimate of drug-likeness (QED) is 0.454. The predicted octanol–water partition coefficient (Wildman–Crippen LogP) is 5.93. The van der Waals surface area contributed by atoms with Crippen molar-refractivity contribution in [2.75, 3.05) is 18.5 Å². The third kappa shape index (κ3) is 4.26. The maximum atomic E-state index is 12.7. The Hall–Kier alpha value is -3.28. The Morgan fingerprint density at radius 1 is 0.862 bits per heavy atom. The number of aromatic nitrogens is 2. The van der Waals surface area contributed by atoms with Crippen molar-refractivity contribution in [3.63, 3.8) is 0 Å². The highest BCUT2D eigenvalue weighted by atomic mass is 19.4. The second-order valence-corrected chi connectivity index (χ2v) is 6.99. The monoisotopic (exact) mass is 395 g/mol. The molecule has 0 saturated heterocycles. The van der Waals surface area contributed by atoms with Gasteiger partial charge in [-0.05, 0) is 47.5 Å². The van der Waals surface area contributed by atoms with Gasteiger partial charge in [-0.3, -0.25) is 0 Å². The Labute approximate surface area is 166 Å². The Bertz CT molecular complexity index is 1060. The molecule has 3 aromatic carbocycles. The number of hydrogen-bond donors (Lipinski definition) is 1. The maximum absolute atomic E-state index is 12.7. The zero-order chi connectivity index (χ0) is 20.4. The molecule has 1 N–H and O–H groups in total. The molecule has 0 amide bonds. The number of hydrogen-bond acceptors (Lipinski definition) is 2. The average Bonchev–Trinajstić information content (AvgIpc) is 3.15. The van der Waals surface area contributed by atoms with Crippen LogP contribution in [0, 0.1) is 0 Å². The van der Waals surface area contributed by atoms with Gasteiger partial charge >= 0.3 is 6.18 Å². The van der Waals surface area contributed by atoms with Crippen LogP contribution in [0.15, 0.2) is 72.8 Å². The zero-order valence-electron chi connectivity index (χ0n) is 15.9. The van der Waals surface area contributed by atoms with Crippen molar-refractivity contribution in [3.8, 4) is 11.1 Å². The molecular formula is C23H20F3N3. The van der Waals surface area contributed by atoms with Crippen LogP contribution in [0.2, 0.25) is 0 Å². The van der Waals surface area contributed by atoms with Crippen LogP contribution in [0.1, 0.15) is 11.4 Å². The van der Waals surface area contributed by atoms with Gasteiger partial charge in [0.15, 0.2) is 0 Å². The second kappa shape index (κ2) is 7.62. The van der Waals surface area contributed by atoms with Crippen LogP contribution in [0.25, 0.3) is 22.2 Å². The molecule has 0 atom stereocenters. The maximum Gasteiger partial charge on any atom is 0.416 e. The summed E-state index contributed by atoms with van der Waals surface area (Å²) in [6, 6.07) is 21.0. The normalized spacial score (nSPS) is 11.7. The van der Waals surface area contributed by atoms with E-state index in [2.05, 4.69) is 14.9 Å². The summed E-state index contributed by atoms with van der Waals surface area (Å²) in [5.41, 5.74) is 4.04. The van der Waals surface area contributed by atoms with Crippen molar-refractivity contribution in [2.45, 2.75) is 12.6 Å². The van der Waals surface area contributed by atoms with Crippen molar-refractivity contribution in [1.82, 2.24) is 9.97 Å². The molecule has 0 aliphatic carbocycles. The van der Waals surface area contributed by atoms with E-state index in [0.717, 1.165) is 58.8 Å². The smallest absolute Gasteiger partial charge is 0.374 e. The lowest BCUT2D eigenvalue weighted by atomic mass is 10.0. The average molecular weight is 395 g/mol. The van der Waals surface area contributed by atoms with Crippen LogP contribution in [0.5, 0.6) is 0 Å². The van der Waals surface area contributed by atoms with E-state index in [0.29, 0.717) is 0 Å². The Morgan fingerprint density at radius 3 is 2.10 bits per heavy atom. The fourth-order valence-electron chi connectivity index (χ4n) is 3.29. The van der Waals surface area contributed by atoms with E-state index in [4.69, 9.17) is 0 Å². The number of imidazole rings is 1. The number of benzene rings is 3. The van der Waals surface area contributed by atoms with Crippen LogP contribution >= 0.6 is 0 Å². The molecule has 0 bridgehead atoms. The van der Waals surface area contributed by atoms with Crippen molar-refractivity contribution in [2.24, 2.45) is 0 Å². The van der Waals surface area contributed by atoms with Crippen LogP contribution < -0.4 is 4.90 Å². The molecule has 6 heteroatoms.